The maximum Gasteiger partial charge on any atom is 0.265 e. The highest BCUT2D eigenvalue weighted by Gasteiger charge is 2.25. The third-order valence-electron chi connectivity index (χ3n) is 3.93. The van der Waals surface area contributed by atoms with Gasteiger partial charge in [0.15, 0.2) is 6.61 Å². The molecule has 132 valence electrons. The number of hydrogen-bond donors (Lipinski definition) is 0. The molecule has 2 amide bonds. The summed E-state index contributed by atoms with van der Waals surface area (Å²) >= 11 is 7.21. The van der Waals surface area contributed by atoms with Crippen LogP contribution in [0.25, 0.3) is 0 Å². The van der Waals surface area contributed by atoms with Crippen molar-refractivity contribution < 1.29 is 14.3 Å². The highest BCUT2D eigenvalue weighted by Crippen LogP contribution is 2.17. The highest BCUT2D eigenvalue weighted by molar-refractivity contribution is 7.13. The van der Waals surface area contributed by atoms with Gasteiger partial charge in [0.05, 0.1) is 11.2 Å². The summed E-state index contributed by atoms with van der Waals surface area (Å²) in [5.74, 6) is 0.498. The molecule has 2 heterocycles. The van der Waals surface area contributed by atoms with Gasteiger partial charge < -0.3 is 14.5 Å². The average molecular weight is 380 g/mol. The molecular formula is C17H18ClN3O3S. The first kappa shape index (κ1) is 17.7. The van der Waals surface area contributed by atoms with E-state index in [0.717, 1.165) is 5.01 Å². The first-order chi connectivity index (χ1) is 12.0. The van der Waals surface area contributed by atoms with E-state index in [9.17, 15) is 9.59 Å². The quantitative estimate of drug-likeness (QED) is 0.818. The standard InChI is InChI=1S/C17H18ClN3O3S/c1-12-19-10-15(25-12)17(23)21-8-6-20(7-9-21)16(22)11-24-14-4-2-13(18)3-5-14/h2-5,10H,6-9,11H2,1H3. The summed E-state index contributed by atoms with van der Waals surface area (Å²) in [7, 11) is 0. The summed E-state index contributed by atoms with van der Waals surface area (Å²) in [6, 6.07) is 6.88. The number of aryl methyl sites for hydroxylation is 1. The van der Waals surface area contributed by atoms with Crippen molar-refractivity contribution >= 4 is 34.8 Å². The lowest BCUT2D eigenvalue weighted by molar-refractivity contribution is -0.134. The lowest BCUT2D eigenvalue weighted by Gasteiger charge is -2.34. The van der Waals surface area contributed by atoms with Crippen LogP contribution in [0.2, 0.25) is 5.02 Å². The van der Waals surface area contributed by atoms with Crippen molar-refractivity contribution in [3.05, 3.63) is 45.4 Å². The zero-order chi connectivity index (χ0) is 17.8. The molecule has 0 unspecified atom stereocenters. The van der Waals surface area contributed by atoms with Crippen LogP contribution >= 0.6 is 22.9 Å². The van der Waals surface area contributed by atoms with E-state index in [2.05, 4.69) is 4.98 Å². The molecule has 1 aromatic carbocycles. The zero-order valence-corrected chi connectivity index (χ0v) is 15.3. The molecule has 0 aliphatic carbocycles. The van der Waals surface area contributed by atoms with Crippen LogP contribution in [0, 0.1) is 6.92 Å². The number of halogens is 1. The predicted molar refractivity (Wildman–Crippen MR) is 96.3 cm³/mol. The number of aromatic nitrogens is 1. The smallest absolute Gasteiger partial charge is 0.265 e. The van der Waals surface area contributed by atoms with Crippen molar-refractivity contribution in [1.29, 1.82) is 0 Å². The van der Waals surface area contributed by atoms with Crippen LogP contribution in [0.1, 0.15) is 14.7 Å². The van der Waals surface area contributed by atoms with Gasteiger partial charge >= 0.3 is 0 Å². The zero-order valence-electron chi connectivity index (χ0n) is 13.8. The maximum atomic E-state index is 12.4. The minimum atomic E-state index is -0.0873. The van der Waals surface area contributed by atoms with E-state index in [1.54, 1.807) is 40.3 Å². The SMILES string of the molecule is Cc1ncc(C(=O)N2CCN(C(=O)COc3ccc(Cl)cc3)CC2)s1. The summed E-state index contributed by atoms with van der Waals surface area (Å²) in [5, 5.41) is 1.49. The largest absolute Gasteiger partial charge is 0.484 e. The number of thiazole rings is 1. The molecule has 6 nitrogen and oxygen atoms in total. The van der Waals surface area contributed by atoms with Gasteiger partial charge in [-0.05, 0) is 31.2 Å². The number of carbonyl (C=O) groups excluding carboxylic acids is 2. The normalized spacial score (nSPS) is 14.5. The number of ether oxygens (including phenoxy) is 1. The van der Waals surface area contributed by atoms with Gasteiger partial charge in [0.25, 0.3) is 11.8 Å². The Bertz CT molecular complexity index is 755. The average Bonchev–Trinajstić information content (AvgIpc) is 3.07. The van der Waals surface area contributed by atoms with E-state index in [4.69, 9.17) is 16.3 Å². The second-order valence-corrected chi connectivity index (χ2v) is 7.33. The maximum absolute atomic E-state index is 12.4. The molecular weight excluding hydrogens is 362 g/mol. The Morgan fingerprint density at radius 3 is 2.40 bits per heavy atom. The third-order valence-corrected chi connectivity index (χ3v) is 5.08. The Hall–Kier alpha value is -2.12. The summed E-state index contributed by atoms with van der Waals surface area (Å²) < 4.78 is 5.49. The molecule has 0 atom stereocenters. The van der Waals surface area contributed by atoms with Crippen LogP contribution in [0.4, 0.5) is 0 Å². The van der Waals surface area contributed by atoms with Crippen LogP contribution in [0.3, 0.4) is 0 Å². The van der Waals surface area contributed by atoms with E-state index in [-0.39, 0.29) is 18.4 Å². The molecule has 0 radical (unpaired) electrons. The molecule has 1 fully saturated rings. The van der Waals surface area contributed by atoms with Gasteiger partial charge in [0.2, 0.25) is 0 Å². The van der Waals surface area contributed by atoms with Gasteiger partial charge in [-0.2, -0.15) is 0 Å². The first-order valence-electron chi connectivity index (χ1n) is 7.91. The molecule has 2 aromatic rings. The van der Waals surface area contributed by atoms with Crippen molar-refractivity contribution in [3.63, 3.8) is 0 Å². The molecule has 1 aromatic heterocycles. The predicted octanol–water partition coefficient (Wildman–Crippen LogP) is 2.47. The van der Waals surface area contributed by atoms with Gasteiger partial charge in [0.1, 0.15) is 10.6 Å². The highest BCUT2D eigenvalue weighted by atomic mass is 35.5. The lowest BCUT2D eigenvalue weighted by atomic mass is 10.3. The van der Waals surface area contributed by atoms with Crippen LogP contribution < -0.4 is 4.74 Å². The summed E-state index contributed by atoms with van der Waals surface area (Å²) in [6.07, 6.45) is 1.61. The van der Waals surface area contributed by atoms with E-state index >= 15 is 0 Å². The molecule has 0 N–H and O–H groups in total. The number of amides is 2. The topological polar surface area (TPSA) is 62.7 Å². The molecule has 25 heavy (non-hydrogen) atoms. The fourth-order valence-corrected chi connectivity index (χ4v) is 3.41. The van der Waals surface area contributed by atoms with E-state index in [0.29, 0.717) is 41.8 Å². The molecule has 1 aliphatic rings. The first-order valence-corrected chi connectivity index (χ1v) is 9.10. The van der Waals surface area contributed by atoms with Gasteiger partial charge in [-0.3, -0.25) is 9.59 Å². The Morgan fingerprint density at radius 1 is 1.16 bits per heavy atom. The van der Waals surface area contributed by atoms with Gasteiger partial charge in [-0.25, -0.2) is 4.98 Å². The Balaban J connectivity index is 1.47. The number of hydrogen-bond acceptors (Lipinski definition) is 5. The lowest BCUT2D eigenvalue weighted by Crippen LogP contribution is -2.51. The fourth-order valence-electron chi connectivity index (χ4n) is 2.54. The van der Waals surface area contributed by atoms with E-state index in [1.807, 2.05) is 6.92 Å². The van der Waals surface area contributed by atoms with Crippen LogP contribution in [0.15, 0.2) is 30.5 Å². The summed E-state index contributed by atoms with van der Waals surface area (Å²) in [4.78, 5) is 32.9. The molecule has 8 heteroatoms. The second kappa shape index (κ2) is 7.84. The van der Waals surface area contributed by atoms with Gasteiger partial charge in [-0.15, -0.1) is 11.3 Å². The molecule has 1 saturated heterocycles. The molecule has 0 spiro atoms. The second-order valence-electron chi connectivity index (χ2n) is 5.66. The molecule has 0 bridgehead atoms. The van der Waals surface area contributed by atoms with Crippen LogP contribution in [-0.2, 0) is 4.79 Å². The number of benzene rings is 1. The number of carbonyl (C=O) groups is 2. The summed E-state index contributed by atoms with van der Waals surface area (Å²) in [6.45, 7) is 3.89. The minimum absolute atomic E-state index is 0.0184. The van der Waals surface area contributed by atoms with Crippen molar-refractivity contribution in [2.75, 3.05) is 32.8 Å². The fraction of sp³-hybridized carbons (Fsp3) is 0.353. The molecule has 1 aliphatic heterocycles. The number of nitrogens with zero attached hydrogens (tertiary/aromatic N) is 3. The van der Waals surface area contributed by atoms with Crippen molar-refractivity contribution in [3.8, 4) is 5.75 Å². The van der Waals surface area contributed by atoms with Crippen molar-refractivity contribution in [2.45, 2.75) is 6.92 Å². The number of rotatable bonds is 4. The van der Waals surface area contributed by atoms with Crippen LogP contribution in [0.5, 0.6) is 5.75 Å². The van der Waals surface area contributed by atoms with Crippen LogP contribution in [-0.4, -0.2) is 59.4 Å². The number of piperazine rings is 1. The Morgan fingerprint density at radius 2 is 1.80 bits per heavy atom. The minimum Gasteiger partial charge on any atom is -0.484 e. The van der Waals surface area contributed by atoms with Crippen molar-refractivity contribution in [1.82, 2.24) is 14.8 Å². The monoisotopic (exact) mass is 379 g/mol. The third kappa shape index (κ3) is 4.49. The van der Waals surface area contributed by atoms with E-state index < -0.39 is 0 Å². The Kier molecular flexibility index (Phi) is 5.55. The summed E-state index contributed by atoms with van der Waals surface area (Å²) in [5.41, 5.74) is 0. The Labute approximate surface area is 155 Å². The molecule has 3 rings (SSSR count). The van der Waals surface area contributed by atoms with E-state index in [1.165, 1.54) is 11.3 Å². The van der Waals surface area contributed by atoms with Gasteiger partial charge in [-0.1, -0.05) is 11.6 Å². The van der Waals surface area contributed by atoms with Gasteiger partial charge in [0, 0.05) is 31.2 Å². The van der Waals surface area contributed by atoms with Crippen molar-refractivity contribution in [2.24, 2.45) is 0 Å². The molecule has 0 saturated carbocycles.